The zero-order valence-corrected chi connectivity index (χ0v) is 22.7. The molecule has 0 amide bonds. The van der Waals surface area contributed by atoms with Crippen LogP contribution in [0.3, 0.4) is 0 Å². The lowest BCUT2D eigenvalue weighted by atomic mass is 9.78. The van der Waals surface area contributed by atoms with Gasteiger partial charge in [-0.05, 0) is 59.2 Å². The van der Waals surface area contributed by atoms with Crippen LogP contribution in [0, 0.1) is 11.7 Å². The minimum Gasteiger partial charge on any atom is -0.481 e. The highest BCUT2D eigenvalue weighted by molar-refractivity contribution is 9.10. The fraction of sp³-hybridized carbons (Fsp3) is 0.346. The van der Waals surface area contributed by atoms with Crippen molar-refractivity contribution in [3.63, 3.8) is 0 Å². The molecule has 1 fully saturated rings. The molecule has 198 valence electrons. The Labute approximate surface area is 230 Å². The first-order valence-corrected chi connectivity index (χ1v) is 13.7. The van der Waals surface area contributed by atoms with Gasteiger partial charge in [-0.25, -0.2) is 19.2 Å². The number of methoxy groups -OCH3 is 1. The van der Waals surface area contributed by atoms with Crippen molar-refractivity contribution in [1.82, 2.24) is 15.3 Å². The molecule has 0 spiro atoms. The van der Waals surface area contributed by atoms with Crippen molar-refractivity contribution in [3.05, 3.63) is 79.8 Å². The van der Waals surface area contributed by atoms with E-state index in [9.17, 15) is 14.0 Å². The van der Waals surface area contributed by atoms with E-state index < -0.39 is 23.8 Å². The predicted molar refractivity (Wildman–Crippen MR) is 140 cm³/mol. The SMILES string of the molecule is COC(=O)C1=C([C@H]2CC[C@H](c3nc(CC(=O)O)co3)CC2)NC(c2nccs2)=NC1c1cccc(F)c1Br. The third-order valence-corrected chi connectivity index (χ3v) is 8.39. The molecule has 12 heteroatoms. The Morgan fingerprint density at radius 2 is 2.03 bits per heavy atom. The van der Waals surface area contributed by atoms with Crippen LogP contribution in [0.4, 0.5) is 4.39 Å². The van der Waals surface area contributed by atoms with Crippen molar-refractivity contribution in [2.45, 2.75) is 44.1 Å². The highest BCUT2D eigenvalue weighted by Gasteiger charge is 2.38. The maximum atomic E-state index is 14.5. The van der Waals surface area contributed by atoms with Crippen molar-refractivity contribution in [3.8, 4) is 0 Å². The number of halogens is 2. The molecule has 0 saturated heterocycles. The van der Waals surface area contributed by atoms with Gasteiger partial charge in [0.25, 0.3) is 0 Å². The number of aliphatic imine (C=N–C) groups is 1. The van der Waals surface area contributed by atoms with Gasteiger partial charge < -0.3 is 19.6 Å². The van der Waals surface area contributed by atoms with Crippen LogP contribution in [0.2, 0.25) is 0 Å². The molecule has 2 N–H and O–H groups in total. The molecule has 3 heterocycles. The maximum Gasteiger partial charge on any atom is 0.338 e. The van der Waals surface area contributed by atoms with E-state index in [1.807, 2.05) is 5.38 Å². The van der Waals surface area contributed by atoms with Crippen LogP contribution in [-0.2, 0) is 20.7 Å². The van der Waals surface area contributed by atoms with Gasteiger partial charge in [0, 0.05) is 23.2 Å². The monoisotopic (exact) mass is 602 g/mol. The van der Waals surface area contributed by atoms with Gasteiger partial charge in [-0.2, -0.15) is 0 Å². The van der Waals surface area contributed by atoms with Gasteiger partial charge in [0.05, 0.1) is 29.3 Å². The van der Waals surface area contributed by atoms with Gasteiger partial charge in [0.15, 0.2) is 16.7 Å². The molecule has 0 radical (unpaired) electrons. The van der Waals surface area contributed by atoms with Gasteiger partial charge in [0.1, 0.15) is 18.1 Å². The minimum atomic E-state index is -0.962. The van der Waals surface area contributed by atoms with Crippen molar-refractivity contribution in [1.29, 1.82) is 0 Å². The first-order chi connectivity index (χ1) is 18.4. The molecule has 0 bridgehead atoms. The number of carboxylic acids is 1. The van der Waals surface area contributed by atoms with E-state index >= 15 is 0 Å². The van der Waals surface area contributed by atoms with E-state index in [1.165, 1.54) is 30.8 Å². The van der Waals surface area contributed by atoms with Crippen molar-refractivity contribution >= 4 is 45.0 Å². The fourth-order valence-corrected chi connectivity index (χ4v) is 6.07. The topological polar surface area (TPSA) is 127 Å². The summed E-state index contributed by atoms with van der Waals surface area (Å²) in [6, 6.07) is 3.87. The number of carboxylic acid groups (broad SMARTS) is 1. The quantitative estimate of drug-likeness (QED) is 0.355. The number of aliphatic carboxylic acids is 1. The number of amidine groups is 1. The zero-order valence-electron chi connectivity index (χ0n) is 20.3. The van der Waals surface area contributed by atoms with E-state index in [4.69, 9.17) is 19.3 Å². The minimum absolute atomic E-state index is 0.0332. The number of ether oxygens (including phenoxy) is 1. The molecule has 1 saturated carbocycles. The summed E-state index contributed by atoms with van der Waals surface area (Å²) in [6.45, 7) is 0. The number of nitrogens with zero attached hydrogens (tertiary/aromatic N) is 3. The van der Waals surface area contributed by atoms with E-state index in [-0.39, 0.29) is 22.7 Å². The number of hydrogen-bond donors (Lipinski definition) is 2. The number of nitrogens with one attached hydrogen (secondary N) is 1. The summed E-state index contributed by atoms with van der Waals surface area (Å²) in [4.78, 5) is 37.7. The third-order valence-electron chi connectivity index (χ3n) is 6.78. The smallest absolute Gasteiger partial charge is 0.338 e. The van der Waals surface area contributed by atoms with Crippen LogP contribution in [0.15, 0.2) is 61.2 Å². The van der Waals surface area contributed by atoms with Crippen LogP contribution in [0.25, 0.3) is 0 Å². The van der Waals surface area contributed by atoms with Crippen LogP contribution in [-0.4, -0.2) is 40.0 Å². The number of thiazole rings is 1. The Bertz CT molecular complexity index is 1410. The van der Waals surface area contributed by atoms with Gasteiger partial charge in [0.2, 0.25) is 0 Å². The second-order valence-electron chi connectivity index (χ2n) is 9.10. The van der Waals surface area contributed by atoms with Crippen LogP contribution >= 0.6 is 27.3 Å². The Hall–Kier alpha value is -3.38. The molecule has 2 aromatic heterocycles. The number of allylic oxidation sites excluding steroid dienone is 1. The second-order valence-corrected chi connectivity index (χ2v) is 10.8. The Morgan fingerprint density at radius 3 is 2.71 bits per heavy atom. The van der Waals surface area contributed by atoms with E-state index in [2.05, 4.69) is 31.2 Å². The van der Waals surface area contributed by atoms with Crippen LogP contribution < -0.4 is 5.32 Å². The Kier molecular flexibility index (Phi) is 7.70. The molecule has 9 nitrogen and oxygen atoms in total. The van der Waals surface area contributed by atoms with Gasteiger partial charge in [-0.3, -0.25) is 9.79 Å². The van der Waals surface area contributed by atoms with Gasteiger partial charge >= 0.3 is 11.9 Å². The molecule has 1 aromatic carbocycles. The number of carbonyl (C=O) groups excluding carboxylic acids is 1. The first kappa shape index (κ1) is 26.2. The lowest BCUT2D eigenvalue weighted by Crippen LogP contribution is -2.37. The number of oxazole rings is 1. The predicted octanol–water partition coefficient (Wildman–Crippen LogP) is 5.15. The van der Waals surface area contributed by atoms with Gasteiger partial charge in [-0.1, -0.05) is 12.1 Å². The molecule has 5 rings (SSSR count). The fourth-order valence-electron chi connectivity index (χ4n) is 5.00. The highest BCUT2D eigenvalue weighted by Crippen LogP contribution is 2.43. The van der Waals surface area contributed by atoms with E-state index in [1.54, 1.807) is 18.3 Å². The number of benzene rings is 1. The summed E-state index contributed by atoms with van der Waals surface area (Å²) in [5.74, 6) is -0.900. The normalized spacial score (nSPS) is 21.6. The third kappa shape index (κ3) is 5.28. The summed E-state index contributed by atoms with van der Waals surface area (Å²) in [6.07, 6.45) is 5.78. The second kappa shape index (κ2) is 11.2. The zero-order chi connectivity index (χ0) is 26.8. The molecular formula is C26H24BrFN4O5S. The largest absolute Gasteiger partial charge is 0.481 e. The highest BCUT2D eigenvalue weighted by atomic mass is 79.9. The molecular weight excluding hydrogens is 579 g/mol. The van der Waals surface area contributed by atoms with Crippen molar-refractivity contribution in [2.75, 3.05) is 7.11 Å². The number of aromatic nitrogens is 2. The molecule has 2 aliphatic rings. The van der Waals surface area contributed by atoms with Crippen LogP contribution in [0.5, 0.6) is 0 Å². The first-order valence-electron chi connectivity index (χ1n) is 12.0. The van der Waals surface area contributed by atoms with Crippen LogP contribution in [0.1, 0.15) is 59.8 Å². The van der Waals surface area contributed by atoms with E-state index in [0.717, 1.165) is 12.8 Å². The molecule has 1 aliphatic carbocycles. The lowest BCUT2D eigenvalue weighted by molar-refractivity contribution is -0.137. The number of carbonyl (C=O) groups is 2. The number of hydrogen-bond acceptors (Lipinski definition) is 9. The summed E-state index contributed by atoms with van der Waals surface area (Å²) in [7, 11) is 1.32. The Balaban J connectivity index is 1.49. The summed E-state index contributed by atoms with van der Waals surface area (Å²) < 4.78 is 25.5. The van der Waals surface area contributed by atoms with Crippen molar-refractivity contribution in [2.24, 2.45) is 10.9 Å². The molecule has 1 unspecified atom stereocenters. The molecule has 3 aromatic rings. The molecule has 1 aliphatic heterocycles. The van der Waals surface area contributed by atoms with E-state index in [0.29, 0.717) is 52.1 Å². The number of rotatable bonds is 7. The van der Waals surface area contributed by atoms with Gasteiger partial charge in [-0.15, -0.1) is 11.3 Å². The summed E-state index contributed by atoms with van der Waals surface area (Å²) in [5.41, 5.74) is 1.93. The average Bonchev–Trinajstić information content (AvgIpc) is 3.62. The summed E-state index contributed by atoms with van der Waals surface area (Å²) in [5, 5.41) is 14.9. The maximum absolute atomic E-state index is 14.5. The van der Waals surface area contributed by atoms with Crippen molar-refractivity contribution < 1.29 is 28.2 Å². The lowest BCUT2D eigenvalue weighted by Gasteiger charge is -2.34. The molecule has 38 heavy (non-hydrogen) atoms. The summed E-state index contributed by atoms with van der Waals surface area (Å²) >= 11 is 4.75. The standard InChI is InChI=1S/C26H24BrFN4O5S/c1-36-26(35)19-21(13-5-7-14(8-6-13)24-30-15(12-37-24)11-18(33)34)31-23(25-29-9-10-38-25)32-22(19)16-3-2-4-17(28)20(16)27/h2-4,9-10,12-14,22H,5-8,11H2,1H3,(H,31,32)(H,33,34)/t13-,14-,22?. The molecule has 1 atom stereocenters. The Morgan fingerprint density at radius 1 is 1.26 bits per heavy atom. The number of esters is 1. The average molecular weight is 603 g/mol.